The number of phosphoric acid groups is 4. The number of aliphatic hydroxyl groups excluding tert-OH is 2. The first kappa shape index (κ1) is 69.3. The smallest absolute Gasteiger partial charge is 0.306 e. The van der Waals surface area contributed by atoms with Gasteiger partial charge in [0.1, 0.15) is 43.2 Å². The number of allylic oxidation sites excluding steroid dienone is 8. The summed E-state index contributed by atoms with van der Waals surface area (Å²) in [5.41, 5.74) is 0. The molecule has 426 valence electrons. The maximum atomic E-state index is 13.1. The SMILES string of the molecule is CCCCC/C=C\C/C=C\C/C=C\C/C=C\CCCC(=O)O[C@H](COC(=O)CCCCCCCCCCCCCCCCC)COP(=O)([O-])OC1[C@H](O)[C@H](OP(=O)([O-])[O-])C(OP(=O)([O-])[O-])[C@H](OP(=O)([O-])[O-])[C@H]1O. The van der Waals surface area contributed by atoms with E-state index in [-0.39, 0.29) is 12.8 Å². The van der Waals surface area contributed by atoms with Crippen molar-refractivity contribution in [2.45, 2.75) is 224 Å². The van der Waals surface area contributed by atoms with Crippen LogP contribution in [0.15, 0.2) is 48.6 Å². The van der Waals surface area contributed by atoms with Gasteiger partial charge in [0.2, 0.25) is 0 Å². The average Bonchev–Trinajstić information content (AvgIpc) is 3.30. The van der Waals surface area contributed by atoms with Crippen molar-refractivity contribution in [3.8, 4) is 0 Å². The standard InChI is InChI=1S/C47H86O22P4/c1-3-5-7-9-11-13-15-17-19-20-22-24-26-28-30-32-34-36-41(49)65-39(37-63-40(48)35-33-31-29-27-25-23-21-18-16-14-12-10-8-6-4-2)38-64-73(61,62)69-44-42(50)45(66-70(52,53)54)47(68-72(58,59)60)46(43(44)51)67-71(55,56)57/h11,13,17,19,22,24,28,30,39,42-47,50-51H,3-10,12,14-16,18,20-21,23,25-27,29,31-38H2,1-2H3,(H,61,62)(H2,52,53,54)(H2,55,56,57)(H2,58,59,60)/p-7/b13-11-,19-17-,24-22-,30-28-/t39-,42+,43+,44?,45-,46+,47?/m1/s1. The number of rotatable bonds is 44. The number of ether oxygens (including phenoxy) is 2. The normalized spacial score (nSPS) is 21.4. The monoisotopic (exact) mass is 1120 g/mol. The van der Waals surface area contributed by atoms with Gasteiger partial charge >= 0.3 is 11.9 Å². The van der Waals surface area contributed by atoms with Crippen molar-refractivity contribution >= 4 is 43.2 Å². The van der Waals surface area contributed by atoms with E-state index in [4.69, 9.17) is 14.0 Å². The number of hydrogen-bond acceptors (Lipinski definition) is 22. The van der Waals surface area contributed by atoms with Gasteiger partial charge in [-0.15, -0.1) is 0 Å². The van der Waals surface area contributed by atoms with Crippen molar-refractivity contribution in [2.75, 3.05) is 13.2 Å². The molecule has 2 N–H and O–H groups in total. The highest BCUT2D eigenvalue weighted by Crippen LogP contribution is 2.49. The summed E-state index contributed by atoms with van der Waals surface area (Å²) in [6, 6.07) is 0. The van der Waals surface area contributed by atoms with Crippen molar-refractivity contribution in [1.82, 2.24) is 0 Å². The zero-order valence-electron chi connectivity index (χ0n) is 42.3. The molecule has 0 aromatic carbocycles. The predicted molar refractivity (Wildman–Crippen MR) is 257 cm³/mol. The summed E-state index contributed by atoms with van der Waals surface area (Å²) >= 11 is 0. The van der Waals surface area contributed by atoms with Crippen LogP contribution in [0.1, 0.15) is 181 Å². The fourth-order valence-electron chi connectivity index (χ4n) is 7.63. The molecule has 0 saturated heterocycles. The topological polar surface area (TPSA) is 369 Å². The molecule has 1 fully saturated rings. The van der Waals surface area contributed by atoms with Crippen LogP contribution < -0.4 is 34.3 Å². The molecule has 0 amide bonds. The zero-order valence-corrected chi connectivity index (χ0v) is 45.9. The maximum absolute atomic E-state index is 13.1. The van der Waals surface area contributed by atoms with Gasteiger partial charge in [0.15, 0.2) is 6.10 Å². The second kappa shape index (κ2) is 39.6. The molecule has 0 bridgehead atoms. The van der Waals surface area contributed by atoms with Gasteiger partial charge in [0.05, 0.1) is 30.1 Å². The molecule has 0 aliphatic heterocycles. The van der Waals surface area contributed by atoms with E-state index < -0.39 is 99.2 Å². The van der Waals surface area contributed by atoms with E-state index in [1.54, 1.807) is 0 Å². The Morgan fingerprint density at radius 1 is 0.452 bits per heavy atom. The largest absolute Gasteiger partial charge is 0.790 e. The van der Waals surface area contributed by atoms with Crippen molar-refractivity contribution in [1.29, 1.82) is 0 Å². The van der Waals surface area contributed by atoms with E-state index in [0.717, 1.165) is 51.4 Å². The maximum Gasteiger partial charge on any atom is 0.306 e. The van der Waals surface area contributed by atoms with Gasteiger partial charge in [0, 0.05) is 12.8 Å². The van der Waals surface area contributed by atoms with Gasteiger partial charge in [-0.2, -0.15) is 0 Å². The van der Waals surface area contributed by atoms with Gasteiger partial charge in [-0.25, -0.2) is 0 Å². The number of hydrogen-bond donors (Lipinski definition) is 2. The Labute approximate surface area is 431 Å². The van der Waals surface area contributed by atoms with Crippen LogP contribution in [0.5, 0.6) is 0 Å². The van der Waals surface area contributed by atoms with E-state index in [2.05, 4.69) is 56.2 Å². The lowest BCUT2D eigenvalue weighted by Gasteiger charge is -2.52. The Hall–Kier alpha value is -1.74. The summed E-state index contributed by atoms with van der Waals surface area (Å²) in [6.45, 7) is 2.50. The fourth-order valence-corrected chi connectivity index (χ4v) is 10.2. The molecule has 1 rings (SSSR count). The number of carbonyl (C=O) groups excluding carboxylic acids is 2. The first-order chi connectivity index (χ1) is 34.5. The fraction of sp³-hybridized carbons (Fsp3) is 0.787. The van der Waals surface area contributed by atoms with E-state index in [1.165, 1.54) is 77.0 Å². The Kier molecular flexibility index (Phi) is 37.6. The van der Waals surface area contributed by atoms with Crippen LogP contribution >= 0.6 is 31.3 Å². The van der Waals surface area contributed by atoms with Crippen molar-refractivity contribution in [3.63, 3.8) is 0 Å². The van der Waals surface area contributed by atoms with Crippen molar-refractivity contribution < 1.29 is 104 Å². The van der Waals surface area contributed by atoms with Crippen molar-refractivity contribution in [2.24, 2.45) is 0 Å². The third-order valence-corrected chi connectivity index (χ3v) is 13.8. The molecule has 3 unspecified atom stereocenters. The Morgan fingerprint density at radius 2 is 0.822 bits per heavy atom. The van der Waals surface area contributed by atoms with Gasteiger partial charge in [0.25, 0.3) is 7.82 Å². The molecule has 1 aliphatic carbocycles. The van der Waals surface area contributed by atoms with Gasteiger partial charge in [-0.1, -0.05) is 165 Å². The Balaban J connectivity index is 2.90. The molecule has 0 aromatic heterocycles. The summed E-state index contributed by atoms with van der Waals surface area (Å²) in [7, 11) is -25.2. The second-order valence-electron chi connectivity index (χ2n) is 17.8. The third-order valence-electron chi connectivity index (χ3n) is 11.3. The number of unbranched alkanes of at least 4 members (excludes halogenated alkanes) is 18. The molecule has 0 heterocycles. The van der Waals surface area contributed by atoms with E-state index in [9.17, 15) is 72.3 Å². The molecule has 1 saturated carbocycles. The lowest BCUT2D eigenvalue weighted by Crippen LogP contribution is -2.66. The van der Waals surface area contributed by atoms with Crippen LogP contribution in [0, 0.1) is 0 Å². The minimum absolute atomic E-state index is 0.0138. The molecule has 0 aromatic rings. The lowest BCUT2D eigenvalue weighted by molar-refractivity contribution is -0.373. The molecule has 26 heteroatoms. The molecular formula is C47H79O22P4-7. The lowest BCUT2D eigenvalue weighted by atomic mass is 9.85. The van der Waals surface area contributed by atoms with Gasteiger partial charge in [-0.3, -0.25) is 14.2 Å². The summed E-state index contributed by atoms with van der Waals surface area (Å²) in [6.07, 6.45) is 20.9. The molecule has 0 spiro atoms. The number of aliphatic hydroxyl groups is 2. The van der Waals surface area contributed by atoms with Crippen LogP contribution in [0.2, 0.25) is 0 Å². The minimum atomic E-state index is -6.38. The highest BCUT2D eigenvalue weighted by atomic mass is 31.2. The first-order valence-corrected chi connectivity index (χ1v) is 31.4. The van der Waals surface area contributed by atoms with E-state index in [0.29, 0.717) is 25.7 Å². The zero-order chi connectivity index (χ0) is 54.6. The first-order valence-electron chi connectivity index (χ1n) is 25.5. The number of carbonyl (C=O) groups is 2. The molecule has 22 nitrogen and oxygen atoms in total. The summed E-state index contributed by atoms with van der Waals surface area (Å²) in [5, 5.41) is 21.6. The van der Waals surface area contributed by atoms with Crippen LogP contribution in [0.4, 0.5) is 0 Å². The van der Waals surface area contributed by atoms with Gasteiger partial charge in [-0.05, 0) is 51.4 Å². The quantitative estimate of drug-likeness (QED) is 0.0347. The van der Waals surface area contributed by atoms with Crippen LogP contribution in [-0.2, 0) is 59.9 Å². The second-order valence-corrected chi connectivity index (χ2v) is 22.5. The van der Waals surface area contributed by atoms with E-state index in [1.807, 2.05) is 24.3 Å². The number of esters is 2. The molecule has 0 radical (unpaired) electrons. The molecular weight excluding hydrogens is 1040 g/mol. The minimum Gasteiger partial charge on any atom is -0.790 e. The molecule has 73 heavy (non-hydrogen) atoms. The van der Waals surface area contributed by atoms with E-state index >= 15 is 0 Å². The average molecular weight is 1120 g/mol. The van der Waals surface area contributed by atoms with Gasteiger partial charge < -0.3 is 90.3 Å². The summed E-state index contributed by atoms with van der Waals surface area (Å²) in [5.74, 6) is -1.56. The highest BCUT2D eigenvalue weighted by Gasteiger charge is 2.55. The Bertz CT molecular complexity index is 1770. The summed E-state index contributed by atoms with van der Waals surface area (Å²) < 4.78 is 79.6. The highest BCUT2D eigenvalue weighted by molar-refractivity contribution is 7.46. The molecule has 8 atom stereocenters. The number of phosphoric ester groups is 4. The van der Waals surface area contributed by atoms with Crippen LogP contribution in [0.3, 0.4) is 0 Å². The summed E-state index contributed by atoms with van der Waals surface area (Å²) in [4.78, 5) is 108. The predicted octanol–water partition coefficient (Wildman–Crippen LogP) is 5.10. The molecule has 1 aliphatic rings. The van der Waals surface area contributed by atoms with Crippen LogP contribution in [0.25, 0.3) is 0 Å². The van der Waals surface area contributed by atoms with Crippen molar-refractivity contribution in [3.05, 3.63) is 48.6 Å². The third kappa shape index (κ3) is 37.6. The van der Waals surface area contributed by atoms with Crippen LogP contribution in [-0.4, -0.2) is 78.1 Å². The Morgan fingerprint density at radius 3 is 1.26 bits per heavy atom.